The van der Waals surface area contributed by atoms with Crippen molar-refractivity contribution in [1.29, 1.82) is 0 Å². The van der Waals surface area contributed by atoms with E-state index < -0.39 is 0 Å². The van der Waals surface area contributed by atoms with E-state index in [1.54, 1.807) is 0 Å². The SMILES string of the molecule is O=C(c1c[nH]c2ccccc12)N1CCCCC1. The monoisotopic (exact) mass is 228 g/mol. The highest BCUT2D eigenvalue weighted by Crippen LogP contribution is 2.21. The Bertz CT molecular complexity index is 538. The van der Waals surface area contributed by atoms with Crippen LogP contribution in [0.5, 0.6) is 0 Å². The van der Waals surface area contributed by atoms with Gasteiger partial charge in [-0.1, -0.05) is 18.2 Å². The van der Waals surface area contributed by atoms with E-state index in [1.807, 2.05) is 35.4 Å². The third kappa shape index (κ3) is 1.82. The number of carbonyl (C=O) groups is 1. The summed E-state index contributed by atoms with van der Waals surface area (Å²) in [4.78, 5) is 17.5. The normalized spacial score (nSPS) is 16.4. The zero-order chi connectivity index (χ0) is 11.7. The molecule has 3 nitrogen and oxygen atoms in total. The molecule has 3 heteroatoms. The number of fused-ring (bicyclic) bond motifs is 1. The summed E-state index contributed by atoms with van der Waals surface area (Å²) in [6.45, 7) is 1.80. The topological polar surface area (TPSA) is 36.1 Å². The molecule has 1 aromatic heterocycles. The zero-order valence-electron chi connectivity index (χ0n) is 9.78. The van der Waals surface area contributed by atoms with Crippen molar-refractivity contribution in [1.82, 2.24) is 9.88 Å². The van der Waals surface area contributed by atoms with Crippen LogP contribution in [0.25, 0.3) is 10.9 Å². The molecule has 0 bridgehead atoms. The Morgan fingerprint density at radius 2 is 1.88 bits per heavy atom. The van der Waals surface area contributed by atoms with Crippen molar-refractivity contribution in [3.8, 4) is 0 Å². The molecule has 17 heavy (non-hydrogen) atoms. The fraction of sp³-hybridized carbons (Fsp3) is 0.357. The van der Waals surface area contributed by atoms with Crippen molar-refractivity contribution in [2.24, 2.45) is 0 Å². The molecule has 1 aliphatic rings. The minimum Gasteiger partial charge on any atom is -0.360 e. The Kier molecular flexibility index (Phi) is 2.59. The smallest absolute Gasteiger partial charge is 0.256 e. The lowest BCUT2D eigenvalue weighted by Gasteiger charge is -2.26. The number of amides is 1. The van der Waals surface area contributed by atoms with Crippen LogP contribution >= 0.6 is 0 Å². The number of H-pyrrole nitrogens is 1. The molecule has 1 fully saturated rings. The molecule has 1 aromatic carbocycles. The first-order valence-electron chi connectivity index (χ1n) is 6.21. The molecule has 2 heterocycles. The van der Waals surface area contributed by atoms with Gasteiger partial charge in [0.15, 0.2) is 0 Å². The summed E-state index contributed by atoms with van der Waals surface area (Å²) in [5.41, 5.74) is 1.84. The van der Waals surface area contributed by atoms with Crippen molar-refractivity contribution in [2.45, 2.75) is 19.3 Å². The summed E-state index contributed by atoms with van der Waals surface area (Å²) >= 11 is 0. The van der Waals surface area contributed by atoms with Crippen LogP contribution in [0, 0.1) is 0 Å². The molecule has 0 saturated carbocycles. The molecule has 0 unspecified atom stereocenters. The van der Waals surface area contributed by atoms with Gasteiger partial charge in [0.05, 0.1) is 5.56 Å². The Labute approximate surface area is 100 Å². The van der Waals surface area contributed by atoms with Gasteiger partial charge in [0.2, 0.25) is 0 Å². The summed E-state index contributed by atoms with van der Waals surface area (Å²) in [6.07, 6.45) is 5.35. The number of nitrogens with one attached hydrogen (secondary N) is 1. The third-order valence-corrected chi connectivity index (χ3v) is 3.46. The fourth-order valence-corrected chi connectivity index (χ4v) is 2.52. The van der Waals surface area contributed by atoms with Crippen LogP contribution in [-0.2, 0) is 0 Å². The van der Waals surface area contributed by atoms with E-state index in [4.69, 9.17) is 0 Å². The maximum Gasteiger partial charge on any atom is 0.256 e. The Morgan fingerprint density at radius 1 is 1.12 bits per heavy atom. The molecular formula is C14H16N2O. The Morgan fingerprint density at radius 3 is 2.71 bits per heavy atom. The van der Waals surface area contributed by atoms with Crippen LogP contribution < -0.4 is 0 Å². The van der Waals surface area contributed by atoms with Gasteiger partial charge in [-0.05, 0) is 25.3 Å². The number of likely N-dealkylation sites (tertiary alicyclic amines) is 1. The predicted octanol–water partition coefficient (Wildman–Crippen LogP) is 2.79. The second kappa shape index (κ2) is 4.24. The first-order chi connectivity index (χ1) is 8.36. The molecule has 0 radical (unpaired) electrons. The molecule has 1 amide bonds. The van der Waals surface area contributed by atoms with Crippen molar-refractivity contribution < 1.29 is 4.79 Å². The van der Waals surface area contributed by atoms with Crippen molar-refractivity contribution in [2.75, 3.05) is 13.1 Å². The second-order valence-corrected chi connectivity index (χ2v) is 4.60. The van der Waals surface area contributed by atoms with E-state index in [1.165, 1.54) is 6.42 Å². The van der Waals surface area contributed by atoms with Gasteiger partial charge in [-0.25, -0.2) is 0 Å². The minimum absolute atomic E-state index is 0.169. The number of aromatic nitrogens is 1. The summed E-state index contributed by atoms with van der Waals surface area (Å²) < 4.78 is 0. The first kappa shape index (κ1) is 10.4. The molecule has 88 valence electrons. The van der Waals surface area contributed by atoms with E-state index in [0.717, 1.165) is 42.4 Å². The van der Waals surface area contributed by atoms with Crippen LogP contribution in [0.3, 0.4) is 0 Å². The summed E-state index contributed by atoms with van der Waals surface area (Å²) in [5, 5.41) is 1.03. The largest absolute Gasteiger partial charge is 0.360 e. The summed E-state index contributed by atoms with van der Waals surface area (Å²) in [6, 6.07) is 7.96. The van der Waals surface area contributed by atoms with Gasteiger partial charge < -0.3 is 9.88 Å². The number of hydrogen-bond donors (Lipinski definition) is 1. The molecule has 3 rings (SSSR count). The van der Waals surface area contributed by atoms with Crippen LogP contribution in [0.15, 0.2) is 30.5 Å². The van der Waals surface area contributed by atoms with E-state index >= 15 is 0 Å². The molecule has 0 spiro atoms. The van der Waals surface area contributed by atoms with Gasteiger partial charge in [-0.15, -0.1) is 0 Å². The highest BCUT2D eigenvalue weighted by Gasteiger charge is 2.20. The molecule has 1 saturated heterocycles. The van der Waals surface area contributed by atoms with E-state index in [2.05, 4.69) is 4.98 Å². The standard InChI is InChI=1S/C14H16N2O/c17-14(16-8-4-1-5-9-16)12-10-15-13-7-3-2-6-11(12)13/h2-3,6-7,10,15H,1,4-5,8-9H2. The number of hydrogen-bond acceptors (Lipinski definition) is 1. The van der Waals surface area contributed by atoms with Crippen molar-refractivity contribution in [3.05, 3.63) is 36.0 Å². The predicted molar refractivity (Wildman–Crippen MR) is 68.1 cm³/mol. The highest BCUT2D eigenvalue weighted by atomic mass is 16.2. The quantitative estimate of drug-likeness (QED) is 0.800. The second-order valence-electron chi connectivity index (χ2n) is 4.60. The number of benzene rings is 1. The van der Waals surface area contributed by atoms with Gasteiger partial charge in [0.1, 0.15) is 0 Å². The maximum absolute atomic E-state index is 12.4. The molecule has 0 aliphatic carbocycles. The number of rotatable bonds is 1. The van der Waals surface area contributed by atoms with E-state index in [-0.39, 0.29) is 5.91 Å². The highest BCUT2D eigenvalue weighted by molar-refractivity contribution is 6.06. The van der Waals surface area contributed by atoms with Gasteiger partial charge in [0, 0.05) is 30.2 Å². The summed E-state index contributed by atoms with van der Waals surface area (Å²) in [5.74, 6) is 0.169. The average molecular weight is 228 g/mol. The fourth-order valence-electron chi connectivity index (χ4n) is 2.52. The van der Waals surface area contributed by atoms with Gasteiger partial charge in [0.25, 0.3) is 5.91 Å². The Balaban J connectivity index is 1.95. The summed E-state index contributed by atoms with van der Waals surface area (Å²) in [7, 11) is 0. The Hall–Kier alpha value is -1.77. The van der Waals surface area contributed by atoms with Crippen molar-refractivity contribution >= 4 is 16.8 Å². The van der Waals surface area contributed by atoms with Crippen LogP contribution in [0.2, 0.25) is 0 Å². The number of carbonyl (C=O) groups excluding carboxylic acids is 1. The number of para-hydroxylation sites is 1. The van der Waals surface area contributed by atoms with Crippen LogP contribution in [-0.4, -0.2) is 28.9 Å². The van der Waals surface area contributed by atoms with E-state index in [9.17, 15) is 4.79 Å². The van der Waals surface area contributed by atoms with Gasteiger partial charge >= 0.3 is 0 Å². The lowest BCUT2D eigenvalue weighted by molar-refractivity contribution is 0.0726. The lowest BCUT2D eigenvalue weighted by atomic mass is 10.1. The first-order valence-corrected chi connectivity index (χ1v) is 6.21. The number of piperidine rings is 1. The van der Waals surface area contributed by atoms with Gasteiger partial charge in [-0.3, -0.25) is 4.79 Å². The maximum atomic E-state index is 12.4. The van der Waals surface area contributed by atoms with Gasteiger partial charge in [-0.2, -0.15) is 0 Å². The minimum atomic E-state index is 0.169. The molecular weight excluding hydrogens is 212 g/mol. The molecule has 1 N–H and O–H groups in total. The molecule has 1 aliphatic heterocycles. The molecule has 0 atom stereocenters. The van der Waals surface area contributed by atoms with E-state index in [0.29, 0.717) is 0 Å². The number of aromatic amines is 1. The molecule has 2 aromatic rings. The zero-order valence-corrected chi connectivity index (χ0v) is 9.78. The third-order valence-electron chi connectivity index (χ3n) is 3.46. The number of nitrogens with zero attached hydrogens (tertiary/aromatic N) is 1. The van der Waals surface area contributed by atoms with Crippen molar-refractivity contribution in [3.63, 3.8) is 0 Å². The van der Waals surface area contributed by atoms with Crippen LogP contribution in [0.1, 0.15) is 29.6 Å². The average Bonchev–Trinajstić information content (AvgIpc) is 2.83. The van der Waals surface area contributed by atoms with Crippen LogP contribution in [0.4, 0.5) is 0 Å². The lowest BCUT2D eigenvalue weighted by Crippen LogP contribution is -2.35.